The number of nitrogens with one attached hydrogen (secondary N) is 1. The molecule has 0 aliphatic carbocycles. The molecule has 0 aromatic heterocycles. The summed E-state index contributed by atoms with van der Waals surface area (Å²) in [6.45, 7) is 5.84. The Kier molecular flexibility index (Phi) is 7.54. The topological polar surface area (TPSA) is 92.4 Å². The number of hydrogen-bond acceptors (Lipinski definition) is 3. The Morgan fingerprint density at radius 2 is 1.94 bits per heavy atom. The fourth-order valence-electron chi connectivity index (χ4n) is 1.59. The molecule has 0 aliphatic rings. The molecule has 4 N–H and O–H groups in total. The Bertz CT molecular complexity index is 256. The molecule has 0 aromatic carbocycles. The van der Waals surface area contributed by atoms with Crippen molar-refractivity contribution in [2.75, 3.05) is 0 Å². The molecule has 0 saturated carbocycles. The van der Waals surface area contributed by atoms with Gasteiger partial charge in [-0.2, -0.15) is 0 Å². The van der Waals surface area contributed by atoms with Crippen LogP contribution in [0.3, 0.4) is 0 Å². The summed E-state index contributed by atoms with van der Waals surface area (Å²) in [6, 6.07) is -0.881. The van der Waals surface area contributed by atoms with Crippen molar-refractivity contribution in [3.8, 4) is 0 Å². The van der Waals surface area contributed by atoms with E-state index in [0.29, 0.717) is 6.42 Å². The van der Waals surface area contributed by atoms with Crippen LogP contribution in [0.2, 0.25) is 0 Å². The molecular formula is C12H24N2O3. The average Bonchev–Trinajstić information content (AvgIpc) is 2.26. The molecular weight excluding hydrogens is 220 g/mol. The van der Waals surface area contributed by atoms with Crippen LogP contribution in [-0.2, 0) is 9.59 Å². The molecule has 3 unspecified atom stereocenters. The minimum atomic E-state index is -0.902. The zero-order valence-corrected chi connectivity index (χ0v) is 10.9. The molecule has 0 radical (unpaired) electrons. The first-order valence-electron chi connectivity index (χ1n) is 6.20. The lowest BCUT2D eigenvalue weighted by atomic mass is 9.98. The van der Waals surface area contributed by atoms with E-state index in [1.807, 2.05) is 20.8 Å². The first-order chi connectivity index (χ1) is 7.92. The number of carbonyl (C=O) groups excluding carboxylic acids is 1. The zero-order chi connectivity index (χ0) is 13.4. The smallest absolute Gasteiger partial charge is 0.305 e. The van der Waals surface area contributed by atoms with Crippen LogP contribution in [0.1, 0.15) is 46.5 Å². The highest BCUT2D eigenvalue weighted by molar-refractivity contribution is 5.82. The maximum Gasteiger partial charge on any atom is 0.305 e. The number of aliphatic carboxylic acids is 1. The number of carboxylic acids is 1. The van der Waals surface area contributed by atoms with E-state index in [4.69, 9.17) is 10.8 Å². The van der Waals surface area contributed by atoms with Crippen LogP contribution < -0.4 is 11.1 Å². The molecule has 0 heterocycles. The van der Waals surface area contributed by atoms with Gasteiger partial charge in [-0.1, -0.05) is 33.6 Å². The van der Waals surface area contributed by atoms with E-state index in [9.17, 15) is 9.59 Å². The predicted octanol–water partition coefficient (Wildman–Crippen LogP) is 1.12. The lowest BCUT2D eigenvalue weighted by molar-refractivity contribution is -0.137. The number of carboxylic acid groups (broad SMARTS) is 1. The standard InChI is InChI=1S/C12H24N2O3/c1-4-6-9(7-10(15)16)14-12(17)11(13)8(3)5-2/h8-9,11H,4-7,13H2,1-3H3,(H,14,17)(H,15,16). The van der Waals surface area contributed by atoms with Gasteiger partial charge in [0.1, 0.15) is 0 Å². The van der Waals surface area contributed by atoms with Crippen LogP contribution in [0.15, 0.2) is 0 Å². The summed E-state index contributed by atoms with van der Waals surface area (Å²) in [5.74, 6) is -1.05. The van der Waals surface area contributed by atoms with Gasteiger partial charge in [0.2, 0.25) is 5.91 Å². The van der Waals surface area contributed by atoms with E-state index < -0.39 is 12.0 Å². The third-order valence-electron chi connectivity index (χ3n) is 2.96. The van der Waals surface area contributed by atoms with Crippen LogP contribution in [-0.4, -0.2) is 29.1 Å². The first kappa shape index (κ1) is 15.9. The van der Waals surface area contributed by atoms with E-state index in [0.717, 1.165) is 12.8 Å². The van der Waals surface area contributed by atoms with Crippen molar-refractivity contribution in [3.63, 3.8) is 0 Å². The quantitative estimate of drug-likeness (QED) is 0.596. The Morgan fingerprint density at radius 3 is 2.35 bits per heavy atom. The molecule has 3 atom stereocenters. The summed E-state index contributed by atoms with van der Waals surface area (Å²) in [6.07, 6.45) is 2.26. The summed E-state index contributed by atoms with van der Waals surface area (Å²) in [4.78, 5) is 22.4. The summed E-state index contributed by atoms with van der Waals surface area (Å²) in [5.41, 5.74) is 5.79. The summed E-state index contributed by atoms with van der Waals surface area (Å²) < 4.78 is 0. The van der Waals surface area contributed by atoms with Crippen molar-refractivity contribution in [3.05, 3.63) is 0 Å². The van der Waals surface area contributed by atoms with Gasteiger partial charge >= 0.3 is 5.97 Å². The van der Waals surface area contributed by atoms with E-state index in [2.05, 4.69) is 5.32 Å². The Morgan fingerprint density at radius 1 is 1.35 bits per heavy atom. The van der Waals surface area contributed by atoms with E-state index in [1.54, 1.807) is 0 Å². The highest BCUT2D eigenvalue weighted by atomic mass is 16.4. The molecule has 0 saturated heterocycles. The van der Waals surface area contributed by atoms with Gasteiger partial charge in [0, 0.05) is 6.04 Å². The number of rotatable bonds is 8. The third-order valence-corrected chi connectivity index (χ3v) is 2.96. The maximum atomic E-state index is 11.8. The number of amides is 1. The van der Waals surface area contributed by atoms with Gasteiger partial charge in [0.05, 0.1) is 12.5 Å². The zero-order valence-electron chi connectivity index (χ0n) is 10.9. The Labute approximate surface area is 103 Å². The summed E-state index contributed by atoms with van der Waals surface area (Å²) in [5, 5.41) is 11.5. The minimum Gasteiger partial charge on any atom is -0.481 e. The second kappa shape index (κ2) is 8.06. The molecule has 5 nitrogen and oxygen atoms in total. The Balaban J connectivity index is 4.33. The van der Waals surface area contributed by atoms with Crippen LogP contribution in [0.5, 0.6) is 0 Å². The Hall–Kier alpha value is -1.10. The molecule has 0 aromatic rings. The van der Waals surface area contributed by atoms with Gasteiger partial charge in [-0.25, -0.2) is 0 Å². The molecule has 5 heteroatoms. The van der Waals surface area contributed by atoms with Gasteiger partial charge in [0.25, 0.3) is 0 Å². The van der Waals surface area contributed by atoms with Crippen molar-refractivity contribution < 1.29 is 14.7 Å². The van der Waals surface area contributed by atoms with Gasteiger partial charge in [-0.3, -0.25) is 9.59 Å². The second-order valence-electron chi connectivity index (χ2n) is 4.50. The van der Waals surface area contributed by atoms with Gasteiger partial charge in [0.15, 0.2) is 0 Å². The highest BCUT2D eigenvalue weighted by Crippen LogP contribution is 2.07. The van der Waals surface area contributed by atoms with Crippen LogP contribution >= 0.6 is 0 Å². The van der Waals surface area contributed by atoms with E-state index >= 15 is 0 Å². The predicted molar refractivity (Wildman–Crippen MR) is 66.5 cm³/mol. The summed E-state index contributed by atoms with van der Waals surface area (Å²) in [7, 11) is 0. The average molecular weight is 244 g/mol. The van der Waals surface area contributed by atoms with E-state index in [1.165, 1.54) is 0 Å². The molecule has 100 valence electrons. The maximum absolute atomic E-state index is 11.8. The SMILES string of the molecule is CCCC(CC(=O)O)NC(=O)C(N)C(C)CC. The molecule has 0 rings (SSSR count). The molecule has 17 heavy (non-hydrogen) atoms. The van der Waals surface area contributed by atoms with Crippen LogP contribution in [0.25, 0.3) is 0 Å². The third kappa shape index (κ3) is 6.26. The number of nitrogens with two attached hydrogens (primary N) is 1. The van der Waals surface area contributed by atoms with E-state index in [-0.39, 0.29) is 24.3 Å². The van der Waals surface area contributed by atoms with Gasteiger partial charge in [-0.15, -0.1) is 0 Å². The van der Waals surface area contributed by atoms with Gasteiger partial charge in [-0.05, 0) is 12.3 Å². The lowest BCUT2D eigenvalue weighted by Gasteiger charge is -2.22. The molecule has 0 aliphatic heterocycles. The van der Waals surface area contributed by atoms with Crippen LogP contribution in [0.4, 0.5) is 0 Å². The largest absolute Gasteiger partial charge is 0.481 e. The van der Waals surface area contributed by atoms with Crippen molar-refractivity contribution in [2.45, 2.75) is 58.5 Å². The lowest BCUT2D eigenvalue weighted by Crippen LogP contribution is -2.48. The minimum absolute atomic E-state index is 0.0488. The van der Waals surface area contributed by atoms with Crippen molar-refractivity contribution in [1.82, 2.24) is 5.32 Å². The number of carbonyl (C=O) groups is 2. The first-order valence-corrected chi connectivity index (χ1v) is 6.20. The molecule has 0 spiro atoms. The fraction of sp³-hybridized carbons (Fsp3) is 0.833. The molecule has 0 fully saturated rings. The normalized spacial score (nSPS) is 16.0. The number of hydrogen-bond donors (Lipinski definition) is 3. The second-order valence-corrected chi connectivity index (χ2v) is 4.50. The molecule has 0 bridgehead atoms. The van der Waals surface area contributed by atoms with Gasteiger partial charge < -0.3 is 16.2 Å². The van der Waals surface area contributed by atoms with Crippen molar-refractivity contribution in [1.29, 1.82) is 0 Å². The van der Waals surface area contributed by atoms with Crippen molar-refractivity contribution >= 4 is 11.9 Å². The fourth-order valence-corrected chi connectivity index (χ4v) is 1.59. The van der Waals surface area contributed by atoms with Crippen LogP contribution in [0, 0.1) is 5.92 Å². The monoisotopic (exact) mass is 244 g/mol. The molecule has 1 amide bonds. The highest BCUT2D eigenvalue weighted by Gasteiger charge is 2.22. The summed E-state index contributed by atoms with van der Waals surface area (Å²) >= 11 is 0. The van der Waals surface area contributed by atoms with Crippen molar-refractivity contribution in [2.24, 2.45) is 11.7 Å².